The standard InChI is InChI=1S/C27H31N3O3/c1-15-10-12-17(13-11-15)30-26(33)22(16(2)28-30)23-24(31)18(25(23)32)14-21-27(3,4)19-8-6-7-9-20(19)29(21)5/h6-14,18,23-25,28,31-32H,1-5H3/b21-14+. The number of benzene rings is 2. The van der Waals surface area contributed by atoms with E-state index in [4.69, 9.17) is 0 Å². The molecule has 5 rings (SSSR count). The molecule has 0 saturated heterocycles. The summed E-state index contributed by atoms with van der Waals surface area (Å²) in [5.74, 6) is -1.07. The summed E-state index contributed by atoms with van der Waals surface area (Å²) >= 11 is 0. The number of aliphatic hydroxyl groups excluding tert-OH is 2. The summed E-state index contributed by atoms with van der Waals surface area (Å²) in [6.45, 7) is 8.13. The Kier molecular flexibility index (Phi) is 4.92. The van der Waals surface area contributed by atoms with Gasteiger partial charge >= 0.3 is 0 Å². The summed E-state index contributed by atoms with van der Waals surface area (Å²) in [5, 5.41) is 25.3. The molecule has 6 heteroatoms. The Morgan fingerprint density at radius 3 is 2.27 bits per heavy atom. The molecule has 2 unspecified atom stereocenters. The van der Waals surface area contributed by atoms with E-state index >= 15 is 0 Å². The molecule has 0 bridgehead atoms. The maximum Gasteiger partial charge on any atom is 0.275 e. The maximum atomic E-state index is 13.2. The van der Waals surface area contributed by atoms with E-state index in [2.05, 4.69) is 36.0 Å². The topological polar surface area (TPSA) is 81.5 Å². The maximum absolute atomic E-state index is 13.2. The van der Waals surface area contributed by atoms with Gasteiger partial charge in [-0.25, -0.2) is 4.68 Å². The summed E-state index contributed by atoms with van der Waals surface area (Å²) in [7, 11) is 2.02. The van der Waals surface area contributed by atoms with Gasteiger partial charge in [0, 0.05) is 46.9 Å². The first-order valence-corrected chi connectivity index (χ1v) is 11.4. The molecule has 2 aliphatic rings. The van der Waals surface area contributed by atoms with Crippen molar-refractivity contribution in [1.82, 2.24) is 9.78 Å². The van der Waals surface area contributed by atoms with Crippen LogP contribution in [0.15, 0.2) is 65.1 Å². The molecule has 1 fully saturated rings. The molecule has 1 saturated carbocycles. The van der Waals surface area contributed by atoms with Crippen LogP contribution in [0.1, 0.15) is 42.1 Å². The van der Waals surface area contributed by atoms with Crippen LogP contribution in [0.25, 0.3) is 5.69 Å². The minimum Gasteiger partial charge on any atom is -0.392 e. The van der Waals surface area contributed by atoms with E-state index in [0.717, 1.165) is 22.6 Å². The molecule has 6 nitrogen and oxygen atoms in total. The Morgan fingerprint density at radius 1 is 1.00 bits per heavy atom. The number of likely N-dealkylation sites (N-methyl/N-ethyl adjacent to an activating group) is 1. The zero-order chi connectivity index (χ0) is 23.7. The number of hydrogen-bond donors (Lipinski definition) is 3. The lowest BCUT2D eigenvalue weighted by Gasteiger charge is -2.45. The van der Waals surface area contributed by atoms with E-state index in [-0.39, 0.29) is 11.0 Å². The number of aromatic amines is 1. The van der Waals surface area contributed by atoms with Gasteiger partial charge in [-0.05, 0) is 37.6 Å². The van der Waals surface area contributed by atoms with E-state index in [1.165, 1.54) is 10.2 Å². The Balaban J connectivity index is 1.46. The summed E-state index contributed by atoms with van der Waals surface area (Å²) in [5.41, 5.74) is 5.90. The van der Waals surface area contributed by atoms with Crippen molar-refractivity contribution in [3.63, 3.8) is 0 Å². The lowest BCUT2D eigenvalue weighted by atomic mass is 9.65. The Morgan fingerprint density at radius 2 is 1.64 bits per heavy atom. The molecule has 0 amide bonds. The van der Waals surface area contributed by atoms with Crippen LogP contribution in [0.4, 0.5) is 5.69 Å². The van der Waals surface area contributed by atoms with Gasteiger partial charge in [0.2, 0.25) is 0 Å². The number of nitrogens with one attached hydrogen (secondary N) is 1. The number of anilines is 1. The molecular weight excluding hydrogens is 414 g/mol. The SMILES string of the molecule is Cc1ccc(-n2[nH]c(C)c(C3C(O)C(/C=C4/N(C)c5ccccc5C4(C)C)C3O)c2=O)cc1. The number of aliphatic hydroxyl groups is 2. The molecule has 1 aromatic heterocycles. The summed E-state index contributed by atoms with van der Waals surface area (Å²) in [6, 6.07) is 15.9. The average molecular weight is 446 g/mol. The lowest BCUT2D eigenvalue weighted by Crippen LogP contribution is -2.54. The monoisotopic (exact) mass is 445 g/mol. The molecule has 2 atom stereocenters. The van der Waals surface area contributed by atoms with E-state index in [9.17, 15) is 15.0 Å². The first-order chi connectivity index (χ1) is 15.6. The summed E-state index contributed by atoms with van der Waals surface area (Å²) in [6.07, 6.45) is 0.315. The predicted molar refractivity (Wildman–Crippen MR) is 130 cm³/mol. The highest BCUT2D eigenvalue weighted by molar-refractivity contribution is 5.69. The smallest absolute Gasteiger partial charge is 0.275 e. The molecule has 2 aromatic carbocycles. The van der Waals surface area contributed by atoms with Crippen LogP contribution in [0, 0.1) is 19.8 Å². The van der Waals surface area contributed by atoms with Crippen LogP contribution in [0.3, 0.4) is 0 Å². The number of nitrogens with zero attached hydrogens (tertiary/aromatic N) is 2. The van der Waals surface area contributed by atoms with Crippen molar-refractivity contribution in [2.45, 2.75) is 51.2 Å². The number of aryl methyl sites for hydroxylation is 2. The van der Waals surface area contributed by atoms with E-state index in [1.54, 1.807) is 0 Å². The van der Waals surface area contributed by atoms with E-state index in [1.807, 2.05) is 63.4 Å². The van der Waals surface area contributed by atoms with Gasteiger partial charge in [0.15, 0.2) is 0 Å². The molecule has 172 valence electrons. The first-order valence-electron chi connectivity index (χ1n) is 11.4. The average Bonchev–Trinajstić information content (AvgIpc) is 3.18. The van der Waals surface area contributed by atoms with Gasteiger partial charge in [-0.15, -0.1) is 0 Å². The normalized spacial score (nSPS) is 27.0. The van der Waals surface area contributed by atoms with Crippen LogP contribution in [-0.4, -0.2) is 39.2 Å². The fourth-order valence-electron chi connectivity index (χ4n) is 5.59. The third kappa shape index (κ3) is 3.12. The molecule has 0 spiro atoms. The van der Waals surface area contributed by atoms with E-state index in [0.29, 0.717) is 11.3 Å². The summed E-state index contributed by atoms with van der Waals surface area (Å²) in [4.78, 5) is 15.4. The zero-order valence-electron chi connectivity index (χ0n) is 19.7. The highest BCUT2D eigenvalue weighted by atomic mass is 16.3. The fraction of sp³-hybridized carbons (Fsp3) is 0.370. The Hall–Kier alpha value is -3.09. The second kappa shape index (κ2) is 7.47. The van der Waals surface area contributed by atoms with Crippen molar-refractivity contribution in [3.8, 4) is 5.69 Å². The number of rotatable bonds is 3. The Bertz CT molecular complexity index is 1290. The lowest BCUT2D eigenvalue weighted by molar-refractivity contribution is -0.0952. The van der Waals surface area contributed by atoms with Gasteiger partial charge < -0.3 is 15.1 Å². The third-order valence-electron chi connectivity index (χ3n) is 7.56. The van der Waals surface area contributed by atoms with Crippen LogP contribution in [0.5, 0.6) is 0 Å². The summed E-state index contributed by atoms with van der Waals surface area (Å²) < 4.78 is 1.49. The molecule has 1 aliphatic carbocycles. The van der Waals surface area contributed by atoms with Crippen molar-refractivity contribution in [2.75, 3.05) is 11.9 Å². The van der Waals surface area contributed by atoms with Crippen molar-refractivity contribution < 1.29 is 10.2 Å². The highest BCUT2D eigenvalue weighted by Gasteiger charge is 2.52. The fourth-order valence-corrected chi connectivity index (χ4v) is 5.59. The highest BCUT2D eigenvalue weighted by Crippen LogP contribution is 2.50. The molecule has 3 N–H and O–H groups in total. The largest absolute Gasteiger partial charge is 0.392 e. The van der Waals surface area contributed by atoms with E-state index < -0.39 is 24.0 Å². The zero-order valence-corrected chi connectivity index (χ0v) is 19.7. The number of H-pyrrole nitrogens is 1. The molecule has 0 radical (unpaired) electrons. The minimum atomic E-state index is -0.839. The quantitative estimate of drug-likeness (QED) is 0.576. The van der Waals surface area contributed by atoms with Gasteiger partial charge in [-0.1, -0.05) is 55.8 Å². The van der Waals surface area contributed by atoms with Crippen molar-refractivity contribution in [2.24, 2.45) is 5.92 Å². The number of hydrogen-bond acceptors (Lipinski definition) is 4. The van der Waals surface area contributed by atoms with Crippen LogP contribution in [-0.2, 0) is 5.41 Å². The van der Waals surface area contributed by atoms with Crippen LogP contribution >= 0.6 is 0 Å². The number of allylic oxidation sites excluding steroid dienone is 1. The second-order valence-corrected chi connectivity index (χ2v) is 9.96. The van der Waals surface area contributed by atoms with Gasteiger partial charge in [0.1, 0.15) is 0 Å². The molecule has 33 heavy (non-hydrogen) atoms. The van der Waals surface area contributed by atoms with Gasteiger partial charge in [-0.3, -0.25) is 9.89 Å². The number of aromatic nitrogens is 2. The van der Waals surface area contributed by atoms with Crippen LogP contribution in [0.2, 0.25) is 0 Å². The van der Waals surface area contributed by atoms with Gasteiger partial charge in [0.25, 0.3) is 5.56 Å². The van der Waals surface area contributed by atoms with Gasteiger partial charge in [0.05, 0.1) is 17.9 Å². The molecule has 1 aliphatic heterocycles. The van der Waals surface area contributed by atoms with Crippen LogP contribution < -0.4 is 10.5 Å². The van der Waals surface area contributed by atoms with Gasteiger partial charge in [-0.2, -0.15) is 0 Å². The second-order valence-electron chi connectivity index (χ2n) is 9.96. The third-order valence-corrected chi connectivity index (χ3v) is 7.56. The molecule has 3 aromatic rings. The number of fused-ring (bicyclic) bond motifs is 1. The molecule has 2 heterocycles. The number of para-hydroxylation sites is 1. The minimum absolute atomic E-state index is 0.226. The predicted octanol–water partition coefficient (Wildman–Crippen LogP) is 3.53. The Labute approximate surface area is 193 Å². The van der Waals surface area contributed by atoms with Crippen molar-refractivity contribution in [1.29, 1.82) is 0 Å². The first kappa shape index (κ1) is 21.7. The molecular formula is C27H31N3O3. The van der Waals surface area contributed by atoms with Crippen molar-refractivity contribution in [3.05, 3.63) is 93.0 Å². The van der Waals surface area contributed by atoms with Crippen molar-refractivity contribution >= 4 is 5.69 Å².